The highest BCUT2D eigenvalue weighted by Crippen LogP contribution is 2.26. The Morgan fingerprint density at radius 1 is 1.11 bits per heavy atom. The zero-order chi connectivity index (χ0) is 19.4. The van der Waals surface area contributed by atoms with E-state index in [9.17, 15) is 4.79 Å². The summed E-state index contributed by atoms with van der Waals surface area (Å²) < 4.78 is 8.12. The lowest BCUT2D eigenvalue weighted by molar-refractivity contribution is -0.120. The van der Waals surface area contributed by atoms with Gasteiger partial charge in [0.05, 0.1) is 19.3 Å². The molecule has 0 N–H and O–H groups in total. The largest absolute Gasteiger partial charge is 0.481 e. The Bertz CT molecular complexity index is 933. The standard InChI is InChI=1S/C21H22BrN3O2/c1-14(2)11-17(26)12-25-13-19(15-7-9-16(22)10-8-15)24-21(25)18-5-4-6-20(23-18)27-3/h4-10,13-14H,11-12H2,1-3H3. The third-order valence-electron chi connectivity index (χ3n) is 4.06. The summed E-state index contributed by atoms with van der Waals surface area (Å²) in [6, 6.07) is 13.5. The lowest BCUT2D eigenvalue weighted by Gasteiger charge is -2.08. The van der Waals surface area contributed by atoms with Crippen LogP contribution >= 0.6 is 15.9 Å². The topological polar surface area (TPSA) is 57.0 Å². The number of carbonyl (C=O) groups is 1. The Labute approximate surface area is 167 Å². The number of methoxy groups -OCH3 is 1. The Balaban J connectivity index is 2.02. The number of imidazole rings is 1. The fourth-order valence-corrected chi connectivity index (χ4v) is 3.13. The first kappa shape index (κ1) is 19.3. The van der Waals surface area contributed by atoms with Gasteiger partial charge in [-0.3, -0.25) is 4.79 Å². The molecule has 2 heterocycles. The van der Waals surface area contributed by atoms with Gasteiger partial charge >= 0.3 is 0 Å². The van der Waals surface area contributed by atoms with Crippen LogP contribution in [0.2, 0.25) is 0 Å². The van der Waals surface area contributed by atoms with Crippen LogP contribution in [-0.2, 0) is 11.3 Å². The van der Waals surface area contributed by atoms with Crippen LogP contribution < -0.4 is 4.74 Å². The zero-order valence-corrected chi connectivity index (χ0v) is 17.2. The number of benzene rings is 1. The quantitative estimate of drug-likeness (QED) is 0.532. The molecule has 0 unspecified atom stereocenters. The van der Waals surface area contributed by atoms with Crippen molar-refractivity contribution in [2.45, 2.75) is 26.8 Å². The maximum Gasteiger partial charge on any atom is 0.213 e. The normalized spacial score (nSPS) is 11.0. The van der Waals surface area contributed by atoms with Crippen molar-refractivity contribution < 1.29 is 9.53 Å². The van der Waals surface area contributed by atoms with E-state index >= 15 is 0 Å². The van der Waals surface area contributed by atoms with E-state index in [0.717, 1.165) is 15.7 Å². The number of rotatable bonds is 7. The highest BCUT2D eigenvalue weighted by Gasteiger charge is 2.16. The molecule has 0 saturated carbocycles. The van der Waals surface area contributed by atoms with Crippen molar-refractivity contribution >= 4 is 21.7 Å². The number of hydrogen-bond donors (Lipinski definition) is 0. The van der Waals surface area contributed by atoms with Crippen LogP contribution in [0.3, 0.4) is 0 Å². The molecular weight excluding hydrogens is 406 g/mol. The average molecular weight is 428 g/mol. The fraction of sp³-hybridized carbons (Fsp3) is 0.286. The van der Waals surface area contributed by atoms with Crippen molar-refractivity contribution in [2.24, 2.45) is 5.92 Å². The van der Waals surface area contributed by atoms with E-state index in [1.807, 2.05) is 61.0 Å². The Morgan fingerprint density at radius 2 is 1.85 bits per heavy atom. The number of hydrogen-bond acceptors (Lipinski definition) is 4. The number of halogens is 1. The van der Waals surface area contributed by atoms with Gasteiger partial charge in [-0.15, -0.1) is 0 Å². The minimum absolute atomic E-state index is 0.175. The third kappa shape index (κ3) is 4.83. The monoisotopic (exact) mass is 427 g/mol. The number of ether oxygens (including phenoxy) is 1. The summed E-state index contributed by atoms with van der Waals surface area (Å²) in [6.07, 6.45) is 2.45. The highest BCUT2D eigenvalue weighted by atomic mass is 79.9. The molecule has 0 aliphatic rings. The van der Waals surface area contributed by atoms with Crippen molar-refractivity contribution in [1.29, 1.82) is 0 Å². The molecule has 0 bridgehead atoms. The van der Waals surface area contributed by atoms with E-state index in [1.54, 1.807) is 13.2 Å². The molecule has 0 saturated heterocycles. The molecule has 6 heteroatoms. The number of ketones is 1. The minimum Gasteiger partial charge on any atom is -0.481 e. The summed E-state index contributed by atoms with van der Waals surface area (Å²) in [5, 5.41) is 0. The SMILES string of the molecule is COc1cccc(-c2nc(-c3ccc(Br)cc3)cn2CC(=O)CC(C)C)n1. The molecule has 5 nitrogen and oxygen atoms in total. The molecule has 0 radical (unpaired) electrons. The number of nitrogens with zero attached hydrogens (tertiary/aromatic N) is 3. The van der Waals surface area contributed by atoms with Crippen molar-refractivity contribution in [2.75, 3.05) is 7.11 Å². The predicted octanol–water partition coefficient (Wildman–Crippen LogP) is 5.00. The first-order chi connectivity index (χ1) is 13.0. The van der Waals surface area contributed by atoms with Gasteiger partial charge < -0.3 is 9.30 Å². The summed E-state index contributed by atoms with van der Waals surface area (Å²) in [6.45, 7) is 4.36. The van der Waals surface area contributed by atoms with Crippen LogP contribution in [0.25, 0.3) is 22.8 Å². The second kappa shape index (κ2) is 8.48. The molecule has 3 rings (SSSR count). The minimum atomic E-state index is 0.175. The third-order valence-corrected chi connectivity index (χ3v) is 4.59. The molecule has 0 aliphatic carbocycles. The van der Waals surface area contributed by atoms with E-state index in [4.69, 9.17) is 9.72 Å². The molecule has 0 fully saturated rings. The smallest absolute Gasteiger partial charge is 0.213 e. The van der Waals surface area contributed by atoms with Crippen LogP contribution in [0.1, 0.15) is 20.3 Å². The summed E-state index contributed by atoms with van der Waals surface area (Å²) in [5.41, 5.74) is 2.46. The van der Waals surface area contributed by atoms with E-state index in [-0.39, 0.29) is 12.3 Å². The Kier molecular flexibility index (Phi) is 6.06. The summed E-state index contributed by atoms with van der Waals surface area (Å²) in [7, 11) is 1.58. The van der Waals surface area contributed by atoms with Gasteiger partial charge in [0.25, 0.3) is 0 Å². The lowest BCUT2D eigenvalue weighted by Crippen LogP contribution is -2.13. The van der Waals surface area contributed by atoms with E-state index < -0.39 is 0 Å². The number of Topliss-reactive ketones (excluding diaryl/α,β-unsaturated/α-hetero) is 1. The molecule has 1 aromatic carbocycles. The van der Waals surface area contributed by atoms with E-state index in [1.165, 1.54) is 0 Å². The molecule has 0 atom stereocenters. The molecule has 2 aromatic heterocycles. The Morgan fingerprint density at radius 3 is 2.52 bits per heavy atom. The van der Waals surface area contributed by atoms with Crippen LogP contribution in [0.15, 0.2) is 53.1 Å². The maximum atomic E-state index is 12.4. The van der Waals surface area contributed by atoms with Gasteiger partial charge in [0.15, 0.2) is 11.6 Å². The zero-order valence-electron chi connectivity index (χ0n) is 15.6. The summed E-state index contributed by atoms with van der Waals surface area (Å²) in [4.78, 5) is 21.7. The van der Waals surface area contributed by atoms with Crippen molar-refractivity contribution in [1.82, 2.24) is 14.5 Å². The Hall–Kier alpha value is -2.47. The molecular formula is C21H22BrN3O2. The number of aromatic nitrogens is 3. The van der Waals surface area contributed by atoms with Crippen LogP contribution in [0.4, 0.5) is 0 Å². The lowest BCUT2D eigenvalue weighted by atomic mass is 10.1. The molecule has 0 spiro atoms. The first-order valence-electron chi connectivity index (χ1n) is 8.82. The molecule has 3 aromatic rings. The van der Waals surface area contributed by atoms with Gasteiger partial charge in [0.2, 0.25) is 5.88 Å². The molecule has 0 amide bonds. The molecule has 27 heavy (non-hydrogen) atoms. The van der Waals surface area contributed by atoms with Crippen molar-refractivity contribution in [3.8, 4) is 28.7 Å². The second-order valence-electron chi connectivity index (χ2n) is 6.79. The second-order valence-corrected chi connectivity index (χ2v) is 7.70. The maximum absolute atomic E-state index is 12.4. The summed E-state index contributed by atoms with van der Waals surface area (Å²) >= 11 is 3.45. The molecule has 140 valence electrons. The van der Waals surface area contributed by atoms with Gasteiger partial charge in [-0.05, 0) is 24.1 Å². The average Bonchev–Trinajstić information content (AvgIpc) is 3.05. The van der Waals surface area contributed by atoms with Gasteiger partial charge in [0, 0.05) is 28.7 Å². The molecule has 0 aliphatic heterocycles. The van der Waals surface area contributed by atoms with Crippen LogP contribution in [0.5, 0.6) is 5.88 Å². The van der Waals surface area contributed by atoms with Crippen molar-refractivity contribution in [3.05, 3.63) is 53.1 Å². The summed E-state index contributed by atoms with van der Waals surface area (Å²) in [5.74, 6) is 1.67. The van der Waals surface area contributed by atoms with Gasteiger partial charge in [-0.2, -0.15) is 0 Å². The predicted molar refractivity (Wildman–Crippen MR) is 110 cm³/mol. The van der Waals surface area contributed by atoms with Gasteiger partial charge in [-0.25, -0.2) is 9.97 Å². The van der Waals surface area contributed by atoms with E-state index in [2.05, 4.69) is 20.9 Å². The van der Waals surface area contributed by atoms with Gasteiger partial charge in [0.1, 0.15) is 5.69 Å². The fourth-order valence-electron chi connectivity index (χ4n) is 2.86. The number of carbonyl (C=O) groups excluding carboxylic acids is 1. The number of pyridine rings is 1. The highest BCUT2D eigenvalue weighted by molar-refractivity contribution is 9.10. The van der Waals surface area contributed by atoms with Crippen LogP contribution in [0, 0.1) is 5.92 Å². The van der Waals surface area contributed by atoms with Crippen LogP contribution in [-0.4, -0.2) is 27.4 Å². The first-order valence-corrected chi connectivity index (χ1v) is 9.62. The van der Waals surface area contributed by atoms with Crippen molar-refractivity contribution in [3.63, 3.8) is 0 Å². The van der Waals surface area contributed by atoms with Gasteiger partial charge in [-0.1, -0.05) is 48.0 Å². The van der Waals surface area contributed by atoms with E-state index in [0.29, 0.717) is 29.7 Å².